The molecule has 1 aromatic heterocycles. The molecule has 7 heteroatoms. The summed E-state index contributed by atoms with van der Waals surface area (Å²) in [6, 6.07) is 6.91. The van der Waals surface area contributed by atoms with Crippen molar-refractivity contribution in [1.29, 1.82) is 0 Å². The number of hydrogen-bond donors (Lipinski definition) is 1. The quantitative estimate of drug-likeness (QED) is 0.919. The first-order chi connectivity index (χ1) is 11.1. The van der Waals surface area contributed by atoms with Crippen molar-refractivity contribution in [2.45, 2.75) is 0 Å². The molecule has 120 valence electrons. The molecule has 1 aliphatic heterocycles. The van der Waals surface area contributed by atoms with E-state index in [0.717, 1.165) is 18.8 Å². The normalized spacial score (nSPS) is 14.6. The van der Waals surface area contributed by atoms with Gasteiger partial charge >= 0.3 is 0 Å². The third-order valence-corrected chi connectivity index (χ3v) is 4.38. The van der Waals surface area contributed by atoms with E-state index in [1.54, 1.807) is 24.4 Å². The summed E-state index contributed by atoms with van der Waals surface area (Å²) < 4.78 is 5.33. The maximum Gasteiger partial charge on any atom is 0.257 e. The minimum Gasteiger partial charge on any atom is -0.378 e. The van der Waals surface area contributed by atoms with E-state index in [0.29, 0.717) is 34.5 Å². The van der Waals surface area contributed by atoms with E-state index in [1.165, 1.54) is 6.20 Å². The minimum atomic E-state index is -0.281. The molecule has 1 aliphatic rings. The van der Waals surface area contributed by atoms with Crippen LogP contribution in [-0.2, 0) is 4.74 Å². The van der Waals surface area contributed by atoms with Gasteiger partial charge in [-0.15, -0.1) is 0 Å². The number of carbonyl (C=O) groups excluding carboxylic acids is 1. The first-order valence-corrected chi connectivity index (χ1v) is 7.94. The summed E-state index contributed by atoms with van der Waals surface area (Å²) in [5, 5.41) is 3.47. The van der Waals surface area contributed by atoms with E-state index in [-0.39, 0.29) is 5.91 Å². The SMILES string of the molecule is O=C(Nc1cccc(Cl)c1Cl)c1cncc(N2CCOCC2)c1. The fourth-order valence-electron chi connectivity index (χ4n) is 2.34. The first kappa shape index (κ1) is 16.1. The van der Waals surface area contributed by atoms with Gasteiger partial charge in [-0.05, 0) is 18.2 Å². The highest BCUT2D eigenvalue weighted by molar-refractivity contribution is 6.44. The maximum absolute atomic E-state index is 12.4. The van der Waals surface area contributed by atoms with Gasteiger partial charge in [-0.1, -0.05) is 29.3 Å². The molecule has 0 radical (unpaired) electrons. The van der Waals surface area contributed by atoms with Crippen molar-refractivity contribution in [3.8, 4) is 0 Å². The third kappa shape index (κ3) is 3.75. The second kappa shape index (κ2) is 7.17. The number of aromatic nitrogens is 1. The van der Waals surface area contributed by atoms with Crippen molar-refractivity contribution >= 4 is 40.5 Å². The van der Waals surface area contributed by atoms with E-state index in [2.05, 4.69) is 15.2 Å². The number of pyridine rings is 1. The smallest absolute Gasteiger partial charge is 0.257 e. The van der Waals surface area contributed by atoms with Crippen molar-refractivity contribution in [2.24, 2.45) is 0 Å². The lowest BCUT2D eigenvalue weighted by molar-refractivity contribution is 0.102. The molecule has 2 aromatic rings. The molecule has 0 atom stereocenters. The van der Waals surface area contributed by atoms with Crippen LogP contribution in [0.3, 0.4) is 0 Å². The predicted molar refractivity (Wildman–Crippen MR) is 91.7 cm³/mol. The van der Waals surface area contributed by atoms with Crippen LogP contribution < -0.4 is 10.2 Å². The number of morpholine rings is 1. The topological polar surface area (TPSA) is 54.5 Å². The molecule has 0 bridgehead atoms. The Morgan fingerprint density at radius 1 is 1.22 bits per heavy atom. The van der Waals surface area contributed by atoms with Crippen LogP contribution in [-0.4, -0.2) is 37.2 Å². The second-order valence-electron chi connectivity index (χ2n) is 5.09. The van der Waals surface area contributed by atoms with Crippen molar-refractivity contribution in [3.63, 3.8) is 0 Å². The number of carbonyl (C=O) groups is 1. The van der Waals surface area contributed by atoms with Crippen LogP contribution in [0.2, 0.25) is 10.0 Å². The van der Waals surface area contributed by atoms with Crippen molar-refractivity contribution in [2.75, 3.05) is 36.5 Å². The number of ether oxygens (including phenoxy) is 1. The van der Waals surface area contributed by atoms with Crippen LogP contribution >= 0.6 is 23.2 Å². The van der Waals surface area contributed by atoms with E-state index in [4.69, 9.17) is 27.9 Å². The van der Waals surface area contributed by atoms with Gasteiger partial charge in [0.25, 0.3) is 5.91 Å². The second-order valence-corrected chi connectivity index (χ2v) is 5.87. The van der Waals surface area contributed by atoms with Crippen LogP contribution in [0.15, 0.2) is 36.7 Å². The number of hydrogen-bond acceptors (Lipinski definition) is 4. The molecule has 1 N–H and O–H groups in total. The van der Waals surface area contributed by atoms with Gasteiger partial charge in [0, 0.05) is 19.3 Å². The molecule has 1 aromatic carbocycles. The molecule has 3 rings (SSSR count). The number of benzene rings is 1. The summed E-state index contributed by atoms with van der Waals surface area (Å²) in [4.78, 5) is 18.7. The fourth-order valence-corrected chi connectivity index (χ4v) is 2.69. The van der Waals surface area contributed by atoms with Crippen molar-refractivity contribution in [3.05, 3.63) is 52.3 Å². The Balaban J connectivity index is 1.78. The Hall–Kier alpha value is -1.82. The highest BCUT2D eigenvalue weighted by Crippen LogP contribution is 2.30. The van der Waals surface area contributed by atoms with Gasteiger partial charge < -0.3 is 15.0 Å². The molecule has 0 unspecified atom stereocenters. The summed E-state index contributed by atoms with van der Waals surface area (Å²) in [6.45, 7) is 2.92. The molecule has 2 heterocycles. The number of nitrogens with zero attached hydrogens (tertiary/aromatic N) is 2. The van der Waals surface area contributed by atoms with E-state index >= 15 is 0 Å². The van der Waals surface area contributed by atoms with Gasteiger partial charge in [0.05, 0.1) is 46.4 Å². The molecule has 1 saturated heterocycles. The lowest BCUT2D eigenvalue weighted by Crippen LogP contribution is -2.36. The number of nitrogens with one attached hydrogen (secondary N) is 1. The Kier molecular flexibility index (Phi) is 5.00. The van der Waals surface area contributed by atoms with E-state index in [1.807, 2.05) is 6.07 Å². The zero-order valence-corrected chi connectivity index (χ0v) is 13.8. The van der Waals surface area contributed by atoms with Gasteiger partial charge in [-0.2, -0.15) is 0 Å². The molecule has 0 saturated carbocycles. The standard InChI is InChI=1S/C16H15Cl2N3O2/c17-13-2-1-3-14(15(13)18)20-16(22)11-8-12(10-19-9-11)21-4-6-23-7-5-21/h1-3,8-10H,4-7H2,(H,20,22). The molecular weight excluding hydrogens is 337 g/mol. The van der Waals surface area contributed by atoms with E-state index in [9.17, 15) is 4.79 Å². The lowest BCUT2D eigenvalue weighted by Gasteiger charge is -2.28. The molecule has 0 aliphatic carbocycles. The molecular formula is C16H15Cl2N3O2. The fraction of sp³-hybridized carbons (Fsp3) is 0.250. The van der Waals surface area contributed by atoms with Crippen LogP contribution in [0.5, 0.6) is 0 Å². The summed E-state index contributed by atoms with van der Waals surface area (Å²) in [5.74, 6) is -0.281. The van der Waals surface area contributed by atoms with Gasteiger partial charge in [-0.25, -0.2) is 0 Å². The Bertz CT molecular complexity index is 718. The van der Waals surface area contributed by atoms with Crippen LogP contribution in [0.1, 0.15) is 10.4 Å². The molecule has 1 fully saturated rings. The Labute approximate surface area is 144 Å². The summed E-state index contributed by atoms with van der Waals surface area (Å²) >= 11 is 12.0. The summed E-state index contributed by atoms with van der Waals surface area (Å²) in [7, 11) is 0. The summed E-state index contributed by atoms with van der Waals surface area (Å²) in [6.07, 6.45) is 3.27. The lowest BCUT2D eigenvalue weighted by atomic mass is 10.2. The van der Waals surface area contributed by atoms with Crippen LogP contribution in [0, 0.1) is 0 Å². The predicted octanol–water partition coefficient (Wildman–Crippen LogP) is 3.48. The Morgan fingerprint density at radius 2 is 2.00 bits per heavy atom. The van der Waals surface area contributed by atoms with Crippen molar-refractivity contribution in [1.82, 2.24) is 4.98 Å². The zero-order chi connectivity index (χ0) is 16.2. The number of rotatable bonds is 3. The number of amides is 1. The Morgan fingerprint density at radius 3 is 2.78 bits per heavy atom. The average molecular weight is 352 g/mol. The largest absolute Gasteiger partial charge is 0.378 e. The maximum atomic E-state index is 12.4. The number of halogens is 2. The monoisotopic (exact) mass is 351 g/mol. The van der Waals surface area contributed by atoms with Crippen molar-refractivity contribution < 1.29 is 9.53 Å². The molecule has 5 nitrogen and oxygen atoms in total. The van der Waals surface area contributed by atoms with Gasteiger partial charge in [0.1, 0.15) is 0 Å². The summed E-state index contributed by atoms with van der Waals surface area (Å²) in [5.41, 5.74) is 1.84. The average Bonchev–Trinajstić information content (AvgIpc) is 2.60. The zero-order valence-electron chi connectivity index (χ0n) is 12.3. The highest BCUT2D eigenvalue weighted by atomic mass is 35.5. The highest BCUT2D eigenvalue weighted by Gasteiger charge is 2.15. The third-order valence-electron chi connectivity index (χ3n) is 3.56. The van der Waals surface area contributed by atoms with E-state index < -0.39 is 0 Å². The first-order valence-electron chi connectivity index (χ1n) is 7.18. The van der Waals surface area contributed by atoms with Gasteiger partial charge in [0.15, 0.2) is 0 Å². The molecule has 23 heavy (non-hydrogen) atoms. The number of anilines is 2. The van der Waals surface area contributed by atoms with Gasteiger partial charge in [0.2, 0.25) is 0 Å². The van der Waals surface area contributed by atoms with Gasteiger partial charge in [-0.3, -0.25) is 9.78 Å². The minimum absolute atomic E-state index is 0.281. The molecule has 0 spiro atoms. The molecule has 1 amide bonds. The van der Waals surface area contributed by atoms with Crippen LogP contribution in [0.25, 0.3) is 0 Å². The van der Waals surface area contributed by atoms with Crippen LogP contribution in [0.4, 0.5) is 11.4 Å².